The van der Waals surface area contributed by atoms with Crippen molar-refractivity contribution in [2.45, 2.75) is 26.5 Å². The maximum absolute atomic E-state index is 5.76. The number of pyridine rings is 1. The van der Waals surface area contributed by atoms with Gasteiger partial charge in [-0.05, 0) is 25.1 Å². The van der Waals surface area contributed by atoms with Crippen molar-refractivity contribution in [1.82, 2.24) is 15.2 Å². The Morgan fingerprint density at radius 1 is 1.56 bits per heavy atom. The molecule has 1 aliphatic heterocycles. The summed E-state index contributed by atoms with van der Waals surface area (Å²) in [6.45, 7) is 10.1. The molecule has 0 saturated carbocycles. The fourth-order valence-electron chi connectivity index (χ4n) is 2.26. The quantitative estimate of drug-likeness (QED) is 0.851. The van der Waals surface area contributed by atoms with E-state index in [1.54, 1.807) is 0 Å². The van der Waals surface area contributed by atoms with Gasteiger partial charge in [0.1, 0.15) is 0 Å². The Bertz CT molecular complexity index is 370. The Morgan fingerprint density at radius 3 is 3.22 bits per heavy atom. The molecule has 0 radical (unpaired) electrons. The van der Waals surface area contributed by atoms with E-state index in [0.29, 0.717) is 6.10 Å². The van der Waals surface area contributed by atoms with Gasteiger partial charge in [-0.2, -0.15) is 0 Å². The molecule has 0 amide bonds. The summed E-state index contributed by atoms with van der Waals surface area (Å²) in [5.41, 5.74) is 2.37. The summed E-state index contributed by atoms with van der Waals surface area (Å²) in [5.74, 6) is 0. The zero-order valence-corrected chi connectivity index (χ0v) is 11.4. The summed E-state index contributed by atoms with van der Waals surface area (Å²) in [4.78, 5) is 6.73. The minimum Gasteiger partial charge on any atom is -0.374 e. The van der Waals surface area contributed by atoms with Gasteiger partial charge < -0.3 is 10.1 Å². The van der Waals surface area contributed by atoms with Crippen LogP contribution in [0.15, 0.2) is 18.3 Å². The first-order valence-electron chi connectivity index (χ1n) is 6.74. The molecule has 1 N–H and O–H groups in total. The molecular weight excluding hydrogens is 226 g/mol. The SMILES string of the molecule is CCN1CCOC(CNCc2cccnc2C)C1. The zero-order valence-electron chi connectivity index (χ0n) is 11.4. The molecule has 100 valence electrons. The summed E-state index contributed by atoms with van der Waals surface area (Å²) in [6.07, 6.45) is 2.15. The second-order valence-corrected chi connectivity index (χ2v) is 4.76. The lowest BCUT2D eigenvalue weighted by Gasteiger charge is -2.32. The maximum atomic E-state index is 5.76. The number of aryl methyl sites for hydroxylation is 1. The molecule has 1 fully saturated rings. The molecule has 4 heteroatoms. The van der Waals surface area contributed by atoms with Crippen LogP contribution >= 0.6 is 0 Å². The molecule has 1 aromatic rings. The highest BCUT2D eigenvalue weighted by Gasteiger charge is 2.18. The molecular formula is C14H23N3O. The van der Waals surface area contributed by atoms with E-state index in [1.807, 2.05) is 19.2 Å². The number of nitrogens with zero attached hydrogens (tertiary/aromatic N) is 2. The van der Waals surface area contributed by atoms with E-state index in [2.05, 4.69) is 28.2 Å². The molecule has 2 rings (SSSR count). The van der Waals surface area contributed by atoms with Gasteiger partial charge in [-0.25, -0.2) is 0 Å². The molecule has 18 heavy (non-hydrogen) atoms. The number of ether oxygens (including phenoxy) is 1. The number of nitrogens with one attached hydrogen (secondary N) is 1. The van der Waals surface area contributed by atoms with E-state index < -0.39 is 0 Å². The summed E-state index contributed by atoms with van der Waals surface area (Å²) in [5, 5.41) is 3.47. The Balaban J connectivity index is 1.73. The topological polar surface area (TPSA) is 37.4 Å². The Morgan fingerprint density at radius 2 is 2.44 bits per heavy atom. The largest absolute Gasteiger partial charge is 0.374 e. The minimum atomic E-state index is 0.315. The predicted octanol–water partition coefficient (Wildman–Crippen LogP) is 1.20. The lowest BCUT2D eigenvalue weighted by atomic mass is 10.2. The third-order valence-electron chi connectivity index (χ3n) is 3.47. The van der Waals surface area contributed by atoms with Gasteiger partial charge in [0.2, 0.25) is 0 Å². The molecule has 1 aromatic heterocycles. The maximum Gasteiger partial charge on any atom is 0.0826 e. The summed E-state index contributed by atoms with van der Waals surface area (Å²) in [6, 6.07) is 4.11. The van der Waals surface area contributed by atoms with Crippen LogP contribution in [-0.2, 0) is 11.3 Å². The van der Waals surface area contributed by atoms with E-state index in [9.17, 15) is 0 Å². The summed E-state index contributed by atoms with van der Waals surface area (Å²) in [7, 11) is 0. The number of morpholine rings is 1. The lowest BCUT2D eigenvalue weighted by Crippen LogP contribution is -2.46. The van der Waals surface area contributed by atoms with Crippen molar-refractivity contribution in [2.24, 2.45) is 0 Å². The van der Waals surface area contributed by atoms with Crippen LogP contribution in [0.25, 0.3) is 0 Å². The second-order valence-electron chi connectivity index (χ2n) is 4.76. The highest BCUT2D eigenvalue weighted by atomic mass is 16.5. The van der Waals surface area contributed by atoms with Crippen molar-refractivity contribution in [3.8, 4) is 0 Å². The van der Waals surface area contributed by atoms with Crippen LogP contribution in [0.5, 0.6) is 0 Å². The highest BCUT2D eigenvalue weighted by Crippen LogP contribution is 2.05. The standard InChI is InChI=1S/C14H23N3O/c1-3-17-7-8-18-14(11-17)10-15-9-13-5-4-6-16-12(13)2/h4-6,14-15H,3,7-11H2,1-2H3. The van der Waals surface area contributed by atoms with Gasteiger partial charge in [0.05, 0.1) is 12.7 Å². The van der Waals surface area contributed by atoms with E-state index in [-0.39, 0.29) is 0 Å². The van der Waals surface area contributed by atoms with E-state index in [0.717, 1.165) is 45.0 Å². The second kappa shape index (κ2) is 6.83. The van der Waals surface area contributed by atoms with Crippen LogP contribution < -0.4 is 5.32 Å². The predicted molar refractivity (Wildman–Crippen MR) is 72.5 cm³/mol. The van der Waals surface area contributed by atoms with Gasteiger partial charge in [0.15, 0.2) is 0 Å². The highest BCUT2D eigenvalue weighted by molar-refractivity contribution is 5.17. The van der Waals surface area contributed by atoms with Crippen LogP contribution in [-0.4, -0.2) is 48.8 Å². The van der Waals surface area contributed by atoms with Crippen LogP contribution in [0.3, 0.4) is 0 Å². The van der Waals surface area contributed by atoms with Gasteiger partial charge in [-0.15, -0.1) is 0 Å². The fourth-order valence-corrected chi connectivity index (χ4v) is 2.26. The molecule has 1 saturated heterocycles. The van der Waals surface area contributed by atoms with Crippen LogP contribution in [0, 0.1) is 6.92 Å². The third-order valence-corrected chi connectivity index (χ3v) is 3.47. The first-order chi connectivity index (χ1) is 8.79. The Hall–Kier alpha value is -0.970. The summed E-state index contributed by atoms with van der Waals surface area (Å²) < 4.78 is 5.76. The third kappa shape index (κ3) is 3.77. The smallest absolute Gasteiger partial charge is 0.0826 e. The molecule has 4 nitrogen and oxygen atoms in total. The number of hydrogen-bond acceptors (Lipinski definition) is 4. The first kappa shape index (κ1) is 13.5. The van der Waals surface area contributed by atoms with E-state index >= 15 is 0 Å². The number of hydrogen-bond donors (Lipinski definition) is 1. The zero-order chi connectivity index (χ0) is 12.8. The molecule has 0 spiro atoms. The number of likely N-dealkylation sites (N-methyl/N-ethyl adjacent to an activating group) is 1. The molecule has 1 atom stereocenters. The number of rotatable bonds is 5. The van der Waals surface area contributed by atoms with Gasteiger partial charge >= 0.3 is 0 Å². The molecule has 2 heterocycles. The van der Waals surface area contributed by atoms with Crippen LogP contribution in [0.4, 0.5) is 0 Å². The van der Waals surface area contributed by atoms with Crippen LogP contribution in [0.2, 0.25) is 0 Å². The van der Waals surface area contributed by atoms with Gasteiger partial charge in [-0.1, -0.05) is 13.0 Å². The van der Waals surface area contributed by atoms with E-state index in [1.165, 1.54) is 5.56 Å². The Kier molecular flexibility index (Phi) is 5.11. The van der Waals surface area contributed by atoms with Crippen molar-refractivity contribution in [3.05, 3.63) is 29.6 Å². The average molecular weight is 249 g/mol. The average Bonchev–Trinajstić information content (AvgIpc) is 2.41. The minimum absolute atomic E-state index is 0.315. The van der Waals surface area contributed by atoms with Crippen molar-refractivity contribution in [3.63, 3.8) is 0 Å². The fraction of sp³-hybridized carbons (Fsp3) is 0.643. The molecule has 0 aromatic carbocycles. The monoisotopic (exact) mass is 249 g/mol. The van der Waals surface area contributed by atoms with Crippen molar-refractivity contribution in [1.29, 1.82) is 0 Å². The molecule has 1 unspecified atom stereocenters. The van der Waals surface area contributed by atoms with Crippen molar-refractivity contribution in [2.75, 3.05) is 32.8 Å². The lowest BCUT2D eigenvalue weighted by molar-refractivity contribution is -0.0253. The normalized spacial score (nSPS) is 21.1. The molecule has 1 aliphatic rings. The number of aromatic nitrogens is 1. The molecule has 0 bridgehead atoms. The van der Waals surface area contributed by atoms with Gasteiger partial charge in [0.25, 0.3) is 0 Å². The summed E-state index contributed by atoms with van der Waals surface area (Å²) >= 11 is 0. The van der Waals surface area contributed by atoms with Crippen molar-refractivity contribution >= 4 is 0 Å². The van der Waals surface area contributed by atoms with E-state index in [4.69, 9.17) is 4.74 Å². The first-order valence-corrected chi connectivity index (χ1v) is 6.74. The van der Waals surface area contributed by atoms with Crippen molar-refractivity contribution < 1.29 is 4.74 Å². The molecule has 0 aliphatic carbocycles. The Labute approximate surface area is 109 Å². The van der Waals surface area contributed by atoms with Gasteiger partial charge in [0, 0.05) is 38.1 Å². The van der Waals surface area contributed by atoms with Gasteiger partial charge in [-0.3, -0.25) is 9.88 Å². The van der Waals surface area contributed by atoms with Crippen LogP contribution in [0.1, 0.15) is 18.2 Å².